The molecule has 12 rings (SSSR count). The number of aromatic nitrogens is 1. The molecule has 0 saturated carbocycles. The van der Waals surface area contributed by atoms with Gasteiger partial charge in [-0.15, -0.1) is 0 Å². The lowest BCUT2D eigenvalue weighted by molar-refractivity contribution is -0.148. The summed E-state index contributed by atoms with van der Waals surface area (Å²) in [6.45, 7) is 7.56. The van der Waals surface area contributed by atoms with Crippen molar-refractivity contribution in [1.82, 2.24) is 19.7 Å². The van der Waals surface area contributed by atoms with Gasteiger partial charge in [-0.3, -0.25) is 33.8 Å². The number of hydrogen-bond donors (Lipinski definition) is 4. The fourth-order valence-corrected chi connectivity index (χ4v) is 14.5. The van der Waals surface area contributed by atoms with Crippen molar-refractivity contribution >= 4 is 52.8 Å². The number of nitrogens with two attached hydrogens (primary N) is 1. The molecule has 17 heteroatoms. The largest absolute Gasteiger partial charge is 0.469 e. The van der Waals surface area contributed by atoms with Crippen LogP contribution in [0.3, 0.4) is 0 Å². The highest BCUT2D eigenvalue weighted by Gasteiger charge is 2.42. The second kappa shape index (κ2) is 36.0. The summed E-state index contributed by atoms with van der Waals surface area (Å²) in [5, 5.41) is 23.7. The van der Waals surface area contributed by atoms with Crippen LogP contribution in [0.2, 0.25) is 0 Å². The average Bonchev–Trinajstić information content (AvgIpc) is 1.65. The van der Waals surface area contributed by atoms with Crippen LogP contribution < -0.4 is 5.73 Å². The highest BCUT2D eigenvalue weighted by atomic mass is 16.5. The summed E-state index contributed by atoms with van der Waals surface area (Å²) in [7, 11) is 4.19. The average molecular weight is 1390 g/mol. The van der Waals surface area contributed by atoms with Gasteiger partial charge in [0, 0.05) is 90.5 Å². The fraction of sp³-hybridized carbons (Fsp3) is 0.287. The van der Waals surface area contributed by atoms with Crippen LogP contribution in [-0.2, 0) is 54.4 Å². The Morgan fingerprint density at radius 3 is 1.04 bits per heavy atom. The number of benzene rings is 8. The number of rotatable bonds is 22. The van der Waals surface area contributed by atoms with Gasteiger partial charge in [0.05, 0.1) is 39.1 Å². The van der Waals surface area contributed by atoms with E-state index in [0.29, 0.717) is 79.3 Å². The molecule has 3 aliphatic heterocycles. The Hall–Kier alpha value is -11.3. The molecule has 9 aromatic rings. The molecule has 17 nitrogen and oxygen atoms in total. The summed E-state index contributed by atoms with van der Waals surface area (Å²) < 4.78 is 15.5. The molecule has 0 radical (unpaired) electrons. The van der Waals surface area contributed by atoms with E-state index >= 15 is 0 Å². The van der Waals surface area contributed by atoms with Crippen LogP contribution in [0.4, 0.5) is 0 Å². The van der Waals surface area contributed by atoms with Crippen LogP contribution in [0.5, 0.6) is 0 Å². The van der Waals surface area contributed by atoms with E-state index in [2.05, 4.69) is 11.1 Å². The Morgan fingerprint density at radius 1 is 0.385 bits per heavy atom. The molecule has 6 atom stereocenters. The maximum atomic E-state index is 13.5. The zero-order valence-electron chi connectivity index (χ0n) is 60.1. The lowest BCUT2D eigenvalue weighted by Crippen LogP contribution is -2.44. The van der Waals surface area contributed by atoms with E-state index in [-0.39, 0.29) is 53.8 Å². The van der Waals surface area contributed by atoms with Crippen LogP contribution in [0.1, 0.15) is 129 Å². The van der Waals surface area contributed by atoms with E-state index in [9.17, 15) is 28.8 Å². The molecule has 5 N–H and O–H groups in total. The van der Waals surface area contributed by atoms with Crippen LogP contribution in [0, 0.1) is 34.0 Å². The Bertz CT molecular complexity index is 4320. The highest BCUT2D eigenvalue weighted by Crippen LogP contribution is 2.35. The summed E-state index contributed by atoms with van der Waals surface area (Å²) >= 11 is 0. The van der Waals surface area contributed by atoms with Gasteiger partial charge in [0.1, 0.15) is 0 Å². The van der Waals surface area contributed by atoms with Gasteiger partial charge in [-0.05, 0) is 218 Å². The number of ether oxygens (including phenoxy) is 3. The van der Waals surface area contributed by atoms with Gasteiger partial charge in [0.25, 0.3) is 17.7 Å². The van der Waals surface area contributed by atoms with Gasteiger partial charge in [-0.2, -0.15) is 0 Å². The van der Waals surface area contributed by atoms with Gasteiger partial charge < -0.3 is 50.9 Å². The first-order valence-electron chi connectivity index (χ1n) is 35.5. The maximum Gasteiger partial charge on any atom is 0.311 e. The number of likely N-dealkylation sites (tertiary alicyclic amines) is 3. The topological polar surface area (TPSA) is 250 Å². The minimum absolute atomic E-state index is 0.0555. The molecule has 3 saturated heterocycles. The first kappa shape index (κ1) is 75.4. The van der Waals surface area contributed by atoms with Gasteiger partial charge >= 0.3 is 17.9 Å². The molecular formula is C87H92N8O9. The summed E-state index contributed by atoms with van der Waals surface area (Å²) in [6, 6.07) is 67.2. The maximum absolute atomic E-state index is 13.5. The van der Waals surface area contributed by atoms with Crippen molar-refractivity contribution in [2.45, 2.75) is 103 Å². The standard InChI is InChI=1S/C30H33N3O3.C29H30N2O3.C28H29N3O3/c1-20(32)25-8-3-6-21(16-25)18-27(30(35)36-2)28-10-5-15-33(28)29(34)24-13-11-23(12-14-24)26-9-4-7-22(17-26)19-31;1-20(30)25-11-6-8-21(18-25)19-26(29(33)34-2)27-12-7-17-31(27)28(32)24-15-13-23(14-16-24)22-9-4-3-5-10-22;1-19(29)23-7-3-6-20(16-23)17-25(28(33)34-2)26-9-5-15-31(26)27(32)22-12-10-21(11-13-22)24-8-4-14-30-18-24/h3-4,6-9,11-14,16-17,27-28,32H,5,10,15,18-19,31H2,1-2H3;3-6,8-11,13-16,18,26-27,30H,7,12,17,19H2,1-2H3;3-4,6-8,10-14,16,18,25-26,29H,5,9,15,17H2,1-2H3. The van der Waals surface area contributed by atoms with E-state index in [1.54, 1.807) is 33.2 Å². The zero-order chi connectivity index (χ0) is 73.8. The molecule has 0 bridgehead atoms. The molecule has 8 aromatic carbocycles. The molecular weight excluding hydrogens is 1300 g/mol. The van der Waals surface area contributed by atoms with E-state index in [1.807, 2.05) is 221 Å². The lowest BCUT2D eigenvalue weighted by atomic mass is 9.89. The van der Waals surface area contributed by atoms with Gasteiger partial charge in [0.2, 0.25) is 0 Å². The van der Waals surface area contributed by atoms with Crippen LogP contribution in [0.15, 0.2) is 225 Å². The van der Waals surface area contributed by atoms with Gasteiger partial charge in [-0.1, -0.05) is 146 Å². The smallest absolute Gasteiger partial charge is 0.311 e. The van der Waals surface area contributed by atoms with Crippen molar-refractivity contribution in [3.8, 4) is 33.4 Å². The number of nitrogens with one attached hydrogen (secondary N) is 3. The zero-order valence-corrected chi connectivity index (χ0v) is 60.1. The molecule has 3 amide bonds. The van der Waals surface area contributed by atoms with Gasteiger partial charge in [-0.25, -0.2) is 0 Å². The third kappa shape index (κ3) is 18.9. The van der Waals surface area contributed by atoms with Crippen LogP contribution in [0.25, 0.3) is 33.4 Å². The molecule has 3 aliphatic rings. The van der Waals surface area contributed by atoms with E-state index < -0.39 is 17.8 Å². The van der Waals surface area contributed by atoms with Crippen molar-refractivity contribution in [2.24, 2.45) is 23.5 Å². The molecule has 1 aromatic heterocycles. The Balaban J connectivity index is 0.000000168. The first-order valence-corrected chi connectivity index (χ1v) is 35.5. The molecule has 3 fully saturated rings. The van der Waals surface area contributed by atoms with Crippen molar-refractivity contribution in [3.05, 3.63) is 280 Å². The number of amides is 3. The van der Waals surface area contributed by atoms with Crippen LogP contribution >= 0.6 is 0 Å². The second-order valence-electron chi connectivity index (χ2n) is 26.8. The molecule has 104 heavy (non-hydrogen) atoms. The van der Waals surface area contributed by atoms with E-state index in [1.165, 1.54) is 21.3 Å². The number of methoxy groups -OCH3 is 3. The number of carbonyl (C=O) groups is 6. The molecule has 6 unspecified atom stereocenters. The van der Waals surface area contributed by atoms with E-state index in [4.69, 9.17) is 36.2 Å². The molecule has 534 valence electrons. The third-order valence-electron chi connectivity index (χ3n) is 20.0. The van der Waals surface area contributed by atoms with Crippen molar-refractivity contribution in [1.29, 1.82) is 16.2 Å². The monoisotopic (exact) mass is 1390 g/mol. The Morgan fingerprint density at radius 2 is 0.702 bits per heavy atom. The second-order valence-corrected chi connectivity index (χ2v) is 26.8. The number of hydrogen-bond acceptors (Lipinski definition) is 14. The van der Waals surface area contributed by atoms with Crippen LogP contribution in [-0.4, -0.2) is 132 Å². The summed E-state index contributed by atoms with van der Waals surface area (Å²) in [5.74, 6) is -2.52. The first-order chi connectivity index (χ1) is 50.4. The predicted molar refractivity (Wildman–Crippen MR) is 408 cm³/mol. The fourth-order valence-electron chi connectivity index (χ4n) is 14.5. The summed E-state index contributed by atoms with van der Waals surface area (Å²) in [6.07, 6.45) is 9.71. The molecule has 4 heterocycles. The SMILES string of the molecule is COC(=O)C(Cc1cccc(C(C)=N)c1)C1CCCN1C(=O)c1ccc(-c2cccc(CN)c2)cc1.COC(=O)C(Cc1cccc(C(C)=N)c1)C1CCCN1C(=O)c1ccc(-c2ccccc2)cc1.COC(=O)C(Cc1cccc(C(C)=N)c1)C1CCCN1C(=O)c1ccc(-c2cccnc2)cc1. The minimum atomic E-state index is -0.471. The number of nitrogens with zero attached hydrogens (tertiary/aromatic N) is 4. The highest BCUT2D eigenvalue weighted by molar-refractivity contribution is 5.99. The molecule has 0 spiro atoms. The Kier molecular flexibility index (Phi) is 26.1. The van der Waals surface area contributed by atoms with Crippen molar-refractivity contribution in [3.63, 3.8) is 0 Å². The minimum Gasteiger partial charge on any atom is -0.469 e. The number of carbonyl (C=O) groups excluding carboxylic acids is 6. The van der Waals surface area contributed by atoms with E-state index in [0.717, 1.165) is 111 Å². The third-order valence-corrected chi connectivity index (χ3v) is 20.0. The van der Waals surface area contributed by atoms with Crippen molar-refractivity contribution < 1.29 is 43.0 Å². The molecule has 0 aliphatic carbocycles. The Labute approximate surface area is 609 Å². The van der Waals surface area contributed by atoms with Crippen molar-refractivity contribution in [2.75, 3.05) is 41.0 Å². The number of esters is 3. The predicted octanol–water partition coefficient (Wildman–Crippen LogP) is 15.0. The quantitative estimate of drug-likeness (QED) is 0.0282. The lowest BCUT2D eigenvalue weighted by Gasteiger charge is -2.30. The summed E-state index contributed by atoms with van der Waals surface area (Å²) in [4.78, 5) is 88.6. The number of pyridine rings is 1. The normalized spacial score (nSPS) is 16.1. The van der Waals surface area contributed by atoms with Gasteiger partial charge in [0.15, 0.2) is 0 Å². The summed E-state index contributed by atoms with van der Waals surface area (Å²) in [5.41, 5.74) is 21.7.